The molecule has 8 nitrogen and oxygen atoms in total. The lowest BCUT2D eigenvalue weighted by Gasteiger charge is -2.14. The third kappa shape index (κ3) is 5.22. The number of rotatable bonds is 8. The first-order valence-electron chi connectivity index (χ1n) is 9.71. The number of hydrogen-bond donors (Lipinski definition) is 0. The quantitative estimate of drug-likeness (QED) is 0.154. The first-order chi connectivity index (χ1) is 14.8. The van der Waals surface area contributed by atoms with Gasteiger partial charge in [0.15, 0.2) is 17.2 Å². The molecular formula is C22H21IN2O6. The highest BCUT2D eigenvalue weighted by Gasteiger charge is 2.26. The van der Waals surface area contributed by atoms with E-state index in [9.17, 15) is 14.9 Å². The van der Waals surface area contributed by atoms with Gasteiger partial charge < -0.3 is 14.2 Å². The van der Waals surface area contributed by atoms with Gasteiger partial charge >= 0.3 is 5.97 Å². The molecule has 0 bridgehead atoms. The predicted molar refractivity (Wildman–Crippen MR) is 125 cm³/mol. The Bertz CT molecular complexity index is 1090. The van der Waals surface area contributed by atoms with Gasteiger partial charge in [-0.25, -0.2) is 9.79 Å². The minimum absolute atomic E-state index is 0.0296. The summed E-state index contributed by atoms with van der Waals surface area (Å²) in [7, 11) is 0. The average Bonchev–Trinajstić information content (AvgIpc) is 3.08. The molecule has 0 aromatic heterocycles. The molecule has 0 saturated heterocycles. The van der Waals surface area contributed by atoms with Crippen LogP contribution in [-0.4, -0.2) is 30.0 Å². The van der Waals surface area contributed by atoms with Gasteiger partial charge in [0.2, 0.25) is 5.90 Å². The molecule has 2 aromatic rings. The smallest absolute Gasteiger partial charge is 0.363 e. The highest BCUT2D eigenvalue weighted by molar-refractivity contribution is 14.1. The molecule has 0 aliphatic carbocycles. The summed E-state index contributed by atoms with van der Waals surface area (Å²) < 4.78 is 17.6. The Balaban J connectivity index is 1.96. The van der Waals surface area contributed by atoms with Crippen LogP contribution in [0.5, 0.6) is 11.5 Å². The molecule has 1 aliphatic rings. The van der Waals surface area contributed by atoms with Crippen LogP contribution in [0.15, 0.2) is 41.0 Å². The maximum Gasteiger partial charge on any atom is 0.363 e. The lowest BCUT2D eigenvalue weighted by Crippen LogP contribution is -2.06. The Morgan fingerprint density at radius 1 is 1.23 bits per heavy atom. The highest BCUT2D eigenvalue weighted by atomic mass is 127. The standard InChI is InChI=1S/C22H21IN2O6/c1-4-8-30-20-16(23)9-14(11-19(20)29-5-2)10-17-22(26)31-21(24-17)15-7-6-13(3)18(12-15)25(27)28/h6-7,9-12H,4-5,8H2,1-3H3/b17-10+. The van der Waals surface area contributed by atoms with Crippen LogP contribution in [0.2, 0.25) is 0 Å². The van der Waals surface area contributed by atoms with Gasteiger partial charge in [-0.15, -0.1) is 0 Å². The van der Waals surface area contributed by atoms with Gasteiger partial charge in [0, 0.05) is 17.2 Å². The molecule has 0 saturated carbocycles. The number of ether oxygens (including phenoxy) is 3. The van der Waals surface area contributed by atoms with E-state index in [0.717, 1.165) is 9.99 Å². The van der Waals surface area contributed by atoms with Gasteiger partial charge in [-0.3, -0.25) is 10.1 Å². The number of carbonyl (C=O) groups is 1. The lowest BCUT2D eigenvalue weighted by molar-refractivity contribution is -0.385. The van der Waals surface area contributed by atoms with Crippen LogP contribution in [0.4, 0.5) is 5.69 Å². The van der Waals surface area contributed by atoms with Gasteiger partial charge in [-0.1, -0.05) is 13.0 Å². The van der Waals surface area contributed by atoms with Crippen molar-refractivity contribution in [2.24, 2.45) is 4.99 Å². The second-order valence-corrected chi connectivity index (χ2v) is 7.87. The normalized spacial score (nSPS) is 14.4. The molecule has 162 valence electrons. The van der Waals surface area contributed by atoms with E-state index in [1.54, 1.807) is 31.2 Å². The second kappa shape index (κ2) is 9.90. The highest BCUT2D eigenvalue weighted by Crippen LogP contribution is 2.35. The number of benzene rings is 2. The van der Waals surface area contributed by atoms with Crippen LogP contribution < -0.4 is 9.47 Å². The Kier molecular flexibility index (Phi) is 7.26. The summed E-state index contributed by atoms with van der Waals surface area (Å²) in [5, 5.41) is 11.2. The van der Waals surface area contributed by atoms with Crippen molar-refractivity contribution in [2.45, 2.75) is 27.2 Å². The van der Waals surface area contributed by atoms with Gasteiger partial charge in [-0.05, 0) is 72.7 Å². The number of nitrogens with zero attached hydrogens (tertiary/aromatic N) is 2. The topological polar surface area (TPSA) is 100 Å². The van der Waals surface area contributed by atoms with E-state index in [1.165, 1.54) is 6.07 Å². The number of aryl methyl sites for hydroxylation is 1. The Hall–Kier alpha value is -2.95. The summed E-state index contributed by atoms with van der Waals surface area (Å²) in [5.74, 6) is 0.649. The number of hydrogen-bond acceptors (Lipinski definition) is 7. The van der Waals surface area contributed by atoms with Crippen LogP contribution in [0, 0.1) is 20.6 Å². The first-order valence-corrected chi connectivity index (χ1v) is 10.8. The van der Waals surface area contributed by atoms with Crippen LogP contribution in [-0.2, 0) is 9.53 Å². The van der Waals surface area contributed by atoms with E-state index < -0.39 is 10.9 Å². The van der Waals surface area contributed by atoms with Crippen LogP contribution in [0.1, 0.15) is 37.0 Å². The zero-order chi connectivity index (χ0) is 22.5. The maximum absolute atomic E-state index is 12.4. The van der Waals surface area contributed by atoms with Gasteiger partial charge in [-0.2, -0.15) is 0 Å². The fourth-order valence-electron chi connectivity index (χ4n) is 2.91. The molecular weight excluding hydrogens is 515 g/mol. The SMILES string of the molecule is CCCOc1c(I)cc(/C=C2/N=C(c3ccc(C)c([N+](=O)[O-])c3)OC2=O)cc1OCC. The second-order valence-electron chi connectivity index (χ2n) is 6.71. The van der Waals surface area contributed by atoms with Crippen LogP contribution >= 0.6 is 22.6 Å². The van der Waals surface area contributed by atoms with Crippen molar-refractivity contribution in [1.29, 1.82) is 0 Å². The molecule has 1 aliphatic heterocycles. The van der Waals surface area contributed by atoms with E-state index >= 15 is 0 Å². The van der Waals surface area contributed by atoms with E-state index in [4.69, 9.17) is 14.2 Å². The van der Waals surface area contributed by atoms with E-state index in [0.29, 0.717) is 41.4 Å². The fourth-order valence-corrected chi connectivity index (χ4v) is 3.69. The number of aliphatic imine (C=N–C) groups is 1. The van der Waals surface area contributed by atoms with Gasteiger partial charge in [0.25, 0.3) is 5.69 Å². The number of carbonyl (C=O) groups excluding carboxylic acids is 1. The lowest BCUT2D eigenvalue weighted by atomic mass is 10.1. The van der Waals surface area contributed by atoms with Crippen molar-refractivity contribution in [3.05, 3.63) is 66.4 Å². The number of cyclic esters (lactones) is 1. The van der Waals surface area contributed by atoms with Gasteiger partial charge in [0.05, 0.1) is 21.7 Å². The predicted octanol–water partition coefficient (Wildman–Crippen LogP) is 5.04. The number of nitro benzene ring substituents is 1. The molecule has 9 heteroatoms. The van der Waals surface area contributed by atoms with Gasteiger partial charge in [0.1, 0.15) is 0 Å². The van der Waals surface area contributed by atoms with E-state index in [-0.39, 0.29) is 17.3 Å². The molecule has 0 N–H and O–H groups in total. The third-order valence-corrected chi connectivity index (χ3v) is 5.16. The number of halogens is 1. The summed E-state index contributed by atoms with van der Waals surface area (Å²) in [6, 6.07) is 8.21. The summed E-state index contributed by atoms with van der Waals surface area (Å²) in [6.07, 6.45) is 2.46. The van der Waals surface area contributed by atoms with Crippen molar-refractivity contribution in [3.63, 3.8) is 0 Å². The molecule has 3 rings (SSSR count). The molecule has 0 atom stereocenters. The number of nitro groups is 1. The Morgan fingerprint density at radius 3 is 2.68 bits per heavy atom. The molecule has 0 radical (unpaired) electrons. The largest absolute Gasteiger partial charge is 0.490 e. The van der Waals surface area contributed by atoms with Crippen molar-refractivity contribution >= 4 is 46.2 Å². The summed E-state index contributed by atoms with van der Waals surface area (Å²) in [5.41, 5.74) is 1.61. The minimum atomic E-state index is -0.627. The van der Waals surface area contributed by atoms with Crippen LogP contribution in [0.25, 0.3) is 6.08 Å². The summed E-state index contributed by atoms with van der Waals surface area (Å²) >= 11 is 2.16. The average molecular weight is 536 g/mol. The molecule has 0 spiro atoms. The number of esters is 1. The third-order valence-electron chi connectivity index (χ3n) is 4.36. The zero-order valence-electron chi connectivity index (χ0n) is 17.3. The van der Waals surface area contributed by atoms with Crippen molar-refractivity contribution < 1.29 is 23.9 Å². The first kappa shape index (κ1) is 22.7. The molecule has 2 aromatic carbocycles. The zero-order valence-corrected chi connectivity index (χ0v) is 19.5. The molecule has 1 heterocycles. The van der Waals surface area contributed by atoms with E-state index in [1.807, 2.05) is 19.9 Å². The minimum Gasteiger partial charge on any atom is -0.490 e. The Morgan fingerprint density at radius 2 is 2.00 bits per heavy atom. The summed E-state index contributed by atoms with van der Waals surface area (Å²) in [6.45, 7) is 6.58. The molecule has 0 amide bonds. The maximum atomic E-state index is 12.4. The Labute approximate surface area is 193 Å². The summed E-state index contributed by atoms with van der Waals surface area (Å²) in [4.78, 5) is 27.3. The van der Waals surface area contributed by atoms with Crippen LogP contribution in [0.3, 0.4) is 0 Å². The van der Waals surface area contributed by atoms with Crippen molar-refractivity contribution in [3.8, 4) is 11.5 Å². The van der Waals surface area contributed by atoms with Crippen molar-refractivity contribution in [2.75, 3.05) is 13.2 Å². The molecule has 0 unspecified atom stereocenters. The van der Waals surface area contributed by atoms with E-state index in [2.05, 4.69) is 27.6 Å². The fraction of sp³-hybridized carbons (Fsp3) is 0.273. The monoisotopic (exact) mass is 536 g/mol. The molecule has 0 fully saturated rings. The molecule has 31 heavy (non-hydrogen) atoms. The van der Waals surface area contributed by atoms with Crippen molar-refractivity contribution in [1.82, 2.24) is 0 Å².